The van der Waals surface area contributed by atoms with Gasteiger partial charge < -0.3 is 4.90 Å². The normalized spacial score (nSPS) is 16.5. The van der Waals surface area contributed by atoms with Crippen molar-refractivity contribution in [3.63, 3.8) is 0 Å². The van der Waals surface area contributed by atoms with E-state index in [2.05, 4.69) is 10.00 Å². The van der Waals surface area contributed by atoms with Gasteiger partial charge in [0, 0.05) is 31.6 Å². The Morgan fingerprint density at radius 2 is 2.06 bits per heavy atom. The summed E-state index contributed by atoms with van der Waals surface area (Å²) in [6.07, 6.45) is 0. The Hall–Kier alpha value is -1.24. The molecule has 6 nitrogen and oxygen atoms in total. The Balaban J connectivity index is 2.41. The molecule has 1 fully saturated rings. The van der Waals surface area contributed by atoms with E-state index in [0.717, 1.165) is 24.6 Å². The first-order valence-corrected chi connectivity index (χ1v) is 6.27. The lowest BCUT2D eigenvalue weighted by Crippen LogP contribution is -2.34. The van der Waals surface area contributed by atoms with Gasteiger partial charge in [0.05, 0.1) is 4.92 Å². The van der Waals surface area contributed by atoms with E-state index in [4.69, 9.17) is 0 Å². The largest absolute Gasteiger partial charge is 0.349 e. The predicted octanol–water partition coefficient (Wildman–Crippen LogP) is 1.19. The molecule has 88 valence electrons. The molecule has 0 radical (unpaired) electrons. The first-order valence-electron chi connectivity index (χ1n) is 5.12. The molecule has 0 bridgehead atoms. The van der Waals surface area contributed by atoms with Crippen LogP contribution in [0.1, 0.15) is 5.69 Å². The molecule has 1 aromatic heterocycles. The quantitative estimate of drug-likeness (QED) is 0.575. The number of thioether (sulfide) groups is 1. The van der Waals surface area contributed by atoms with Crippen LogP contribution in [0.4, 0.5) is 11.5 Å². The summed E-state index contributed by atoms with van der Waals surface area (Å²) >= 11 is 1.88. The van der Waals surface area contributed by atoms with E-state index >= 15 is 0 Å². The van der Waals surface area contributed by atoms with Crippen molar-refractivity contribution in [3.05, 3.63) is 15.8 Å². The molecule has 1 saturated heterocycles. The topological polar surface area (TPSA) is 64.2 Å². The van der Waals surface area contributed by atoms with Gasteiger partial charge in [-0.25, -0.2) is 4.68 Å². The third-order valence-electron chi connectivity index (χ3n) is 2.65. The molecule has 0 aromatic carbocycles. The highest BCUT2D eigenvalue weighted by Gasteiger charge is 2.28. The van der Waals surface area contributed by atoms with Crippen molar-refractivity contribution in [2.75, 3.05) is 29.5 Å². The van der Waals surface area contributed by atoms with E-state index in [1.54, 1.807) is 18.7 Å². The van der Waals surface area contributed by atoms with E-state index in [9.17, 15) is 10.1 Å². The van der Waals surface area contributed by atoms with Crippen molar-refractivity contribution in [3.8, 4) is 0 Å². The van der Waals surface area contributed by atoms with Crippen LogP contribution in [-0.4, -0.2) is 39.3 Å². The molecule has 1 aliphatic rings. The lowest BCUT2D eigenvalue weighted by Gasteiger charge is -2.27. The maximum atomic E-state index is 11.0. The summed E-state index contributed by atoms with van der Waals surface area (Å²) in [4.78, 5) is 12.7. The zero-order valence-electron chi connectivity index (χ0n) is 9.34. The Morgan fingerprint density at radius 1 is 1.44 bits per heavy atom. The Labute approximate surface area is 97.8 Å². The highest BCUT2D eigenvalue weighted by molar-refractivity contribution is 7.99. The fourth-order valence-electron chi connectivity index (χ4n) is 1.98. The maximum absolute atomic E-state index is 11.0. The van der Waals surface area contributed by atoms with E-state index in [-0.39, 0.29) is 10.6 Å². The second-order valence-corrected chi connectivity index (χ2v) is 4.96. The van der Waals surface area contributed by atoms with Crippen LogP contribution in [0.3, 0.4) is 0 Å². The zero-order chi connectivity index (χ0) is 11.7. The lowest BCUT2D eigenvalue weighted by atomic mass is 10.3. The number of aromatic nitrogens is 2. The SMILES string of the molecule is Cc1nn(C)c(N2CCSCC2)c1[N+](=O)[O-]. The minimum absolute atomic E-state index is 0.148. The van der Waals surface area contributed by atoms with Crippen LogP contribution in [-0.2, 0) is 7.05 Å². The number of rotatable bonds is 2. The van der Waals surface area contributed by atoms with Gasteiger partial charge in [-0.05, 0) is 6.92 Å². The smallest absolute Gasteiger partial charge is 0.333 e. The average molecular weight is 242 g/mol. The van der Waals surface area contributed by atoms with Crippen LogP contribution in [0.2, 0.25) is 0 Å². The number of anilines is 1. The molecular weight excluding hydrogens is 228 g/mol. The second kappa shape index (κ2) is 4.32. The molecule has 0 unspecified atom stereocenters. The van der Waals surface area contributed by atoms with Gasteiger partial charge in [-0.15, -0.1) is 0 Å². The van der Waals surface area contributed by atoms with Crippen molar-refractivity contribution in [1.82, 2.24) is 9.78 Å². The Morgan fingerprint density at radius 3 is 2.62 bits per heavy atom. The predicted molar refractivity (Wildman–Crippen MR) is 64.1 cm³/mol. The highest BCUT2D eigenvalue weighted by Crippen LogP contribution is 2.32. The molecule has 16 heavy (non-hydrogen) atoms. The summed E-state index contributed by atoms with van der Waals surface area (Å²) < 4.78 is 1.61. The summed E-state index contributed by atoms with van der Waals surface area (Å²) in [6, 6.07) is 0. The monoisotopic (exact) mass is 242 g/mol. The van der Waals surface area contributed by atoms with E-state index < -0.39 is 0 Å². The second-order valence-electron chi connectivity index (χ2n) is 3.74. The first kappa shape index (κ1) is 11.3. The highest BCUT2D eigenvalue weighted by atomic mass is 32.2. The molecule has 0 spiro atoms. The summed E-state index contributed by atoms with van der Waals surface area (Å²) in [5.74, 6) is 2.67. The minimum Gasteiger partial charge on any atom is -0.349 e. The Kier molecular flexibility index (Phi) is 3.04. The van der Waals surface area contributed by atoms with Crippen molar-refractivity contribution in [1.29, 1.82) is 0 Å². The van der Waals surface area contributed by atoms with Gasteiger partial charge in [-0.1, -0.05) is 0 Å². The number of nitrogens with zero attached hydrogens (tertiary/aromatic N) is 4. The molecule has 2 heterocycles. The minimum atomic E-state index is -0.334. The third kappa shape index (κ3) is 1.87. The van der Waals surface area contributed by atoms with Gasteiger partial charge in [0.1, 0.15) is 5.69 Å². The lowest BCUT2D eigenvalue weighted by molar-refractivity contribution is -0.384. The standard InChI is InChI=1S/C9H14N4O2S/c1-7-8(13(14)15)9(11(2)10-7)12-3-5-16-6-4-12/h3-6H2,1-2H3. The van der Waals surface area contributed by atoms with Crippen LogP contribution in [0.25, 0.3) is 0 Å². The maximum Gasteiger partial charge on any atom is 0.333 e. The average Bonchev–Trinajstić information content (AvgIpc) is 2.55. The number of hydrogen-bond acceptors (Lipinski definition) is 5. The van der Waals surface area contributed by atoms with Crippen LogP contribution < -0.4 is 4.90 Å². The van der Waals surface area contributed by atoms with Crippen molar-refractivity contribution in [2.24, 2.45) is 7.05 Å². The van der Waals surface area contributed by atoms with Gasteiger partial charge >= 0.3 is 5.69 Å². The summed E-state index contributed by atoms with van der Waals surface area (Å²) in [5.41, 5.74) is 0.634. The Bertz CT molecular complexity index is 412. The molecule has 0 atom stereocenters. The van der Waals surface area contributed by atoms with Gasteiger partial charge in [-0.3, -0.25) is 10.1 Å². The fourth-order valence-corrected chi connectivity index (χ4v) is 2.88. The fraction of sp³-hybridized carbons (Fsp3) is 0.667. The molecule has 1 aromatic rings. The van der Waals surface area contributed by atoms with Crippen LogP contribution in [0, 0.1) is 17.0 Å². The van der Waals surface area contributed by atoms with Crippen LogP contribution >= 0.6 is 11.8 Å². The molecule has 0 N–H and O–H groups in total. The van der Waals surface area contributed by atoms with Crippen molar-refractivity contribution >= 4 is 23.3 Å². The molecule has 1 aliphatic heterocycles. The van der Waals surface area contributed by atoms with Gasteiger partial charge in [-0.2, -0.15) is 16.9 Å². The zero-order valence-corrected chi connectivity index (χ0v) is 10.2. The first-order chi connectivity index (χ1) is 7.61. The van der Waals surface area contributed by atoms with E-state index in [0.29, 0.717) is 11.5 Å². The molecule has 0 aliphatic carbocycles. The van der Waals surface area contributed by atoms with E-state index in [1.165, 1.54) is 0 Å². The van der Waals surface area contributed by atoms with Gasteiger partial charge in [0.2, 0.25) is 5.82 Å². The van der Waals surface area contributed by atoms with Gasteiger partial charge in [0.15, 0.2) is 0 Å². The van der Waals surface area contributed by atoms with Crippen molar-refractivity contribution < 1.29 is 4.92 Å². The van der Waals surface area contributed by atoms with Crippen LogP contribution in [0.15, 0.2) is 0 Å². The molecule has 2 rings (SSSR count). The third-order valence-corrected chi connectivity index (χ3v) is 3.60. The summed E-state index contributed by atoms with van der Waals surface area (Å²) in [7, 11) is 1.76. The van der Waals surface area contributed by atoms with E-state index in [1.807, 2.05) is 11.8 Å². The summed E-state index contributed by atoms with van der Waals surface area (Å²) in [6.45, 7) is 3.38. The van der Waals surface area contributed by atoms with Crippen LogP contribution in [0.5, 0.6) is 0 Å². The van der Waals surface area contributed by atoms with Gasteiger partial charge in [0.25, 0.3) is 0 Å². The summed E-state index contributed by atoms with van der Waals surface area (Å²) in [5, 5.41) is 15.2. The number of hydrogen-bond donors (Lipinski definition) is 0. The number of aryl methyl sites for hydroxylation is 2. The molecule has 7 heteroatoms. The molecule has 0 saturated carbocycles. The molecule has 0 amide bonds. The van der Waals surface area contributed by atoms with Crippen molar-refractivity contribution in [2.45, 2.75) is 6.92 Å². The number of nitro groups is 1. The molecular formula is C9H14N4O2S.